The van der Waals surface area contributed by atoms with Gasteiger partial charge in [-0.25, -0.2) is 4.39 Å². The third-order valence-electron chi connectivity index (χ3n) is 4.01. The number of hydrogen-bond acceptors (Lipinski definition) is 3. The van der Waals surface area contributed by atoms with Gasteiger partial charge in [0.1, 0.15) is 5.82 Å². The Labute approximate surface area is 119 Å². The van der Waals surface area contributed by atoms with Gasteiger partial charge in [-0.05, 0) is 50.3 Å². The van der Waals surface area contributed by atoms with Gasteiger partial charge in [-0.3, -0.25) is 4.79 Å². The predicted molar refractivity (Wildman–Crippen MR) is 78.0 cm³/mol. The minimum Gasteiger partial charge on any atom is -0.384 e. The highest BCUT2D eigenvalue weighted by Crippen LogP contribution is 2.29. The van der Waals surface area contributed by atoms with E-state index in [1.54, 1.807) is 20.1 Å². The fourth-order valence-corrected chi connectivity index (χ4v) is 2.79. The number of benzene rings is 1. The number of methoxy groups -OCH3 is 1. The largest absolute Gasteiger partial charge is 0.384 e. The Morgan fingerprint density at radius 2 is 2.05 bits per heavy atom. The van der Waals surface area contributed by atoms with Gasteiger partial charge in [-0.2, -0.15) is 0 Å². The molecule has 1 heterocycles. The average molecular weight is 279 g/mol. The summed E-state index contributed by atoms with van der Waals surface area (Å²) in [6, 6.07) is 3.16. The van der Waals surface area contributed by atoms with E-state index in [9.17, 15) is 9.18 Å². The van der Waals surface area contributed by atoms with Crippen molar-refractivity contribution in [3.63, 3.8) is 0 Å². The molecular weight excluding hydrogens is 257 g/mol. The number of anilines is 1. The molecule has 0 atom stereocenters. The van der Waals surface area contributed by atoms with E-state index in [-0.39, 0.29) is 11.6 Å². The molecule has 1 aliphatic heterocycles. The number of nitrogens with zero attached hydrogens (tertiary/aromatic N) is 1. The van der Waals surface area contributed by atoms with Gasteiger partial charge in [0.15, 0.2) is 5.78 Å². The van der Waals surface area contributed by atoms with E-state index in [0.29, 0.717) is 17.0 Å². The molecule has 1 fully saturated rings. The zero-order valence-electron chi connectivity index (χ0n) is 12.4. The Morgan fingerprint density at radius 3 is 2.60 bits per heavy atom. The standard InChI is InChI=1S/C16H22FNO2/c1-11-8-16(14(12(2)19)9-15(11)17)18-6-4-13(5-7-18)10-20-3/h8-9,13H,4-7,10H2,1-3H3. The summed E-state index contributed by atoms with van der Waals surface area (Å²) < 4.78 is 18.9. The van der Waals surface area contributed by atoms with Crippen molar-refractivity contribution in [1.82, 2.24) is 0 Å². The number of Topliss-reactive ketones (excluding diaryl/α,β-unsaturated/α-hetero) is 1. The summed E-state index contributed by atoms with van der Waals surface area (Å²) in [5.74, 6) is 0.185. The van der Waals surface area contributed by atoms with Gasteiger partial charge in [0.2, 0.25) is 0 Å². The highest BCUT2D eigenvalue weighted by Gasteiger charge is 2.23. The van der Waals surface area contributed by atoms with Crippen LogP contribution in [0.25, 0.3) is 0 Å². The number of ether oxygens (including phenoxy) is 1. The van der Waals surface area contributed by atoms with E-state index in [1.807, 2.05) is 0 Å². The van der Waals surface area contributed by atoms with E-state index in [4.69, 9.17) is 4.74 Å². The number of piperidine rings is 1. The van der Waals surface area contributed by atoms with Crippen LogP contribution in [-0.4, -0.2) is 32.6 Å². The van der Waals surface area contributed by atoms with E-state index in [2.05, 4.69) is 4.90 Å². The zero-order chi connectivity index (χ0) is 14.7. The van der Waals surface area contributed by atoms with Crippen LogP contribution in [0.15, 0.2) is 12.1 Å². The highest BCUT2D eigenvalue weighted by molar-refractivity contribution is 6.00. The first-order valence-corrected chi connectivity index (χ1v) is 7.08. The molecule has 20 heavy (non-hydrogen) atoms. The molecule has 2 rings (SSSR count). The third-order valence-corrected chi connectivity index (χ3v) is 4.01. The highest BCUT2D eigenvalue weighted by atomic mass is 19.1. The third kappa shape index (κ3) is 3.18. The average Bonchev–Trinajstić information content (AvgIpc) is 2.42. The molecule has 3 nitrogen and oxygen atoms in total. The van der Waals surface area contributed by atoms with Crippen LogP contribution in [0.3, 0.4) is 0 Å². The number of aryl methyl sites for hydroxylation is 1. The van der Waals surface area contributed by atoms with Crippen molar-refractivity contribution >= 4 is 11.5 Å². The molecule has 1 aliphatic rings. The summed E-state index contributed by atoms with van der Waals surface area (Å²) in [6.45, 7) is 5.79. The van der Waals surface area contributed by atoms with E-state index >= 15 is 0 Å². The van der Waals surface area contributed by atoms with Crippen molar-refractivity contribution in [3.05, 3.63) is 29.1 Å². The van der Waals surface area contributed by atoms with Crippen molar-refractivity contribution in [2.24, 2.45) is 5.92 Å². The van der Waals surface area contributed by atoms with Gasteiger partial charge in [0.05, 0.1) is 0 Å². The van der Waals surface area contributed by atoms with E-state index in [0.717, 1.165) is 38.2 Å². The number of rotatable bonds is 4. The van der Waals surface area contributed by atoms with E-state index in [1.165, 1.54) is 13.0 Å². The monoisotopic (exact) mass is 279 g/mol. The van der Waals surface area contributed by atoms with Crippen LogP contribution >= 0.6 is 0 Å². The van der Waals surface area contributed by atoms with Crippen LogP contribution in [0.4, 0.5) is 10.1 Å². The van der Waals surface area contributed by atoms with Crippen LogP contribution in [-0.2, 0) is 4.74 Å². The lowest BCUT2D eigenvalue weighted by atomic mass is 9.96. The molecule has 0 radical (unpaired) electrons. The molecule has 0 N–H and O–H groups in total. The molecule has 0 aromatic heterocycles. The maximum absolute atomic E-state index is 13.7. The molecule has 0 saturated carbocycles. The first kappa shape index (κ1) is 15.0. The molecule has 4 heteroatoms. The summed E-state index contributed by atoms with van der Waals surface area (Å²) in [7, 11) is 1.73. The minimum atomic E-state index is -0.312. The Hall–Kier alpha value is -1.42. The Bertz CT molecular complexity index is 493. The van der Waals surface area contributed by atoms with Crippen molar-refractivity contribution in [2.45, 2.75) is 26.7 Å². The molecule has 0 unspecified atom stereocenters. The number of halogens is 1. The van der Waals surface area contributed by atoms with Crippen LogP contribution in [0.1, 0.15) is 35.7 Å². The van der Waals surface area contributed by atoms with Crippen molar-refractivity contribution in [1.29, 1.82) is 0 Å². The number of ketones is 1. The summed E-state index contributed by atoms with van der Waals surface area (Å²) >= 11 is 0. The Morgan fingerprint density at radius 1 is 1.40 bits per heavy atom. The maximum atomic E-state index is 13.7. The Kier molecular flexibility index (Phi) is 4.76. The zero-order valence-corrected chi connectivity index (χ0v) is 12.4. The van der Waals surface area contributed by atoms with Crippen molar-refractivity contribution in [2.75, 3.05) is 31.7 Å². The molecule has 0 spiro atoms. The predicted octanol–water partition coefficient (Wildman–Crippen LogP) is 3.20. The fraction of sp³-hybridized carbons (Fsp3) is 0.562. The number of hydrogen-bond donors (Lipinski definition) is 0. The van der Waals surface area contributed by atoms with E-state index < -0.39 is 0 Å². The second-order valence-corrected chi connectivity index (χ2v) is 5.56. The van der Waals surface area contributed by atoms with Crippen LogP contribution in [0, 0.1) is 18.7 Å². The molecule has 1 saturated heterocycles. The van der Waals surface area contributed by atoms with Crippen molar-refractivity contribution in [3.8, 4) is 0 Å². The second-order valence-electron chi connectivity index (χ2n) is 5.56. The lowest BCUT2D eigenvalue weighted by Gasteiger charge is -2.34. The van der Waals surface area contributed by atoms with Crippen LogP contribution < -0.4 is 4.90 Å². The van der Waals surface area contributed by atoms with Gasteiger partial charge in [0, 0.05) is 38.1 Å². The molecule has 110 valence electrons. The summed E-state index contributed by atoms with van der Waals surface area (Å²) in [5.41, 5.74) is 1.94. The number of carbonyl (C=O) groups is 1. The fourth-order valence-electron chi connectivity index (χ4n) is 2.79. The molecule has 0 aliphatic carbocycles. The smallest absolute Gasteiger partial charge is 0.161 e. The first-order valence-electron chi connectivity index (χ1n) is 7.08. The normalized spacial score (nSPS) is 16.5. The molecule has 0 bridgehead atoms. The number of carbonyl (C=O) groups excluding carboxylic acids is 1. The van der Waals surface area contributed by atoms with Gasteiger partial charge in [-0.15, -0.1) is 0 Å². The topological polar surface area (TPSA) is 29.5 Å². The first-order chi connectivity index (χ1) is 9.52. The van der Waals surface area contributed by atoms with Gasteiger partial charge < -0.3 is 9.64 Å². The lowest BCUT2D eigenvalue weighted by Crippen LogP contribution is -2.35. The summed E-state index contributed by atoms with van der Waals surface area (Å²) in [6.07, 6.45) is 2.09. The molecule has 0 amide bonds. The maximum Gasteiger partial charge on any atom is 0.161 e. The van der Waals surface area contributed by atoms with Crippen LogP contribution in [0.2, 0.25) is 0 Å². The lowest BCUT2D eigenvalue weighted by molar-refractivity contribution is 0.101. The summed E-state index contributed by atoms with van der Waals surface area (Å²) in [4.78, 5) is 13.9. The SMILES string of the molecule is COCC1CCN(c2cc(C)c(F)cc2C(C)=O)CC1. The molecule has 1 aromatic carbocycles. The van der Waals surface area contributed by atoms with Gasteiger partial charge >= 0.3 is 0 Å². The van der Waals surface area contributed by atoms with Crippen LogP contribution in [0.5, 0.6) is 0 Å². The Balaban J connectivity index is 2.21. The van der Waals surface area contributed by atoms with Gasteiger partial charge in [0.25, 0.3) is 0 Å². The molecular formula is C16H22FNO2. The second kappa shape index (κ2) is 6.35. The molecule has 1 aromatic rings. The van der Waals surface area contributed by atoms with Crippen molar-refractivity contribution < 1.29 is 13.9 Å². The minimum absolute atomic E-state index is 0.0853. The quantitative estimate of drug-likeness (QED) is 0.793. The summed E-state index contributed by atoms with van der Waals surface area (Å²) in [5, 5.41) is 0. The van der Waals surface area contributed by atoms with Gasteiger partial charge in [-0.1, -0.05) is 0 Å².